The van der Waals surface area contributed by atoms with E-state index < -0.39 is 10.1 Å². The Kier molecular flexibility index (Phi) is 4.77. The summed E-state index contributed by atoms with van der Waals surface area (Å²) in [6, 6.07) is 50.5. The van der Waals surface area contributed by atoms with Crippen LogP contribution in [-0.4, -0.2) is 10.0 Å². The van der Waals surface area contributed by atoms with E-state index in [1.54, 1.807) is 0 Å². The number of benzene rings is 6. The molecule has 3 aliphatic rings. The van der Waals surface area contributed by atoms with Gasteiger partial charge in [-0.1, -0.05) is 115 Å². The molecule has 6 aromatic carbocycles. The molecule has 0 fully saturated rings. The van der Waals surface area contributed by atoms with E-state index in [0.717, 1.165) is 21.0 Å². The van der Waals surface area contributed by atoms with Crippen molar-refractivity contribution in [3.63, 3.8) is 0 Å². The van der Waals surface area contributed by atoms with E-state index in [1.165, 1.54) is 44.5 Å². The molecule has 1 heterocycles. The second kappa shape index (κ2) is 8.48. The van der Waals surface area contributed by atoms with Gasteiger partial charge >= 0.3 is 0 Å². The maximum atomic E-state index is 14.8. The molecular weight excluding hydrogens is 532 g/mol. The fraction of sp³-hybridized carbons (Fsp3) is 0.0263. The average molecular weight is 559 g/mol. The van der Waals surface area contributed by atoms with Gasteiger partial charge in [-0.3, -0.25) is 4.21 Å². The summed E-state index contributed by atoms with van der Waals surface area (Å²) in [7, 11) is -3.16. The maximum Gasteiger partial charge on any atom is 0.144 e. The predicted molar refractivity (Wildman–Crippen MR) is 171 cm³/mol. The Bertz CT molecular complexity index is 2120. The van der Waals surface area contributed by atoms with Crippen molar-refractivity contribution in [2.45, 2.75) is 15.2 Å². The molecule has 1 aliphatic heterocycles. The molecule has 0 saturated carbocycles. The third-order valence-corrected chi connectivity index (χ3v) is 11.7. The van der Waals surface area contributed by atoms with E-state index in [0.29, 0.717) is 5.84 Å². The molecule has 0 unspecified atom stereocenters. The smallest absolute Gasteiger partial charge is 0.144 e. The number of nitrogens with one attached hydrogen (secondary N) is 1. The van der Waals surface area contributed by atoms with Crippen molar-refractivity contribution in [3.8, 4) is 22.3 Å². The van der Waals surface area contributed by atoms with Gasteiger partial charge < -0.3 is 4.72 Å². The lowest BCUT2D eigenvalue weighted by Crippen LogP contribution is -2.39. The topological polar surface area (TPSA) is 41.5 Å². The van der Waals surface area contributed by atoms with E-state index in [4.69, 9.17) is 4.99 Å². The summed E-state index contributed by atoms with van der Waals surface area (Å²) >= 11 is 0. The van der Waals surface area contributed by atoms with Crippen LogP contribution in [0.5, 0.6) is 0 Å². The summed E-state index contributed by atoms with van der Waals surface area (Å²) in [5, 5.41) is 0. The standard InChI is InChI=1S/C38H26N2OS/c41-42(26-12-2-1-3-13-26)36-21-11-10-20-35(36)39-37(40-42)25-22-23-34-30(24-25)29-16-6-9-19-33(29)38(34)31-17-7-4-14-27(31)28-15-5-8-18-32(28)38/h1-24,42H,(H,39,40,41). The Labute approximate surface area is 245 Å². The fourth-order valence-electron chi connectivity index (χ4n) is 7.40. The minimum atomic E-state index is -3.16. The molecule has 3 nitrogen and oxygen atoms in total. The molecule has 0 saturated heterocycles. The number of thiol groups is 1. The molecule has 0 atom stereocenters. The Hall–Kier alpha value is -5.06. The summed E-state index contributed by atoms with van der Waals surface area (Å²) in [4.78, 5) is 6.53. The fourth-order valence-corrected chi connectivity index (χ4v) is 9.74. The maximum absolute atomic E-state index is 14.8. The number of aliphatic imine (C=N–C) groups is 1. The summed E-state index contributed by atoms with van der Waals surface area (Å²) in [6.07, 6.45) is 0. The van der Waals surface area contributed by atoms with Crippen LogP contribution in [-0.2, 0) is 15.5 Å². The first-order valence-electron chi connectivity index (χ1n) is 14.3. The quantitative estimate of drug-likeness (QED) is 0.207. The van der Waals surface area contributed by atoms with Crippen molar-refractivity contribution < 1.29 is 4.21 Å². The lowest BCUT2D eigenvalue weighted by molar-refractivity contribution is 0.666. The number of rotatable bonds is 2. The van der Waals surface area contributed by atoms with Crippen LogP contribution >= 0.6 is 0 Å². The molecule has 200 valence electrons. The lowest BCUT2D eigenvalue weighted by atomic mass is 9.70. The minimum Gasteiger partial charge on any atom is -0.304 e. The van der Waals surface area contributed by atoms with Gasteiger partial charge in [-0.2, -0.15) is 0 Å². The van der Waals surface area contributed by atoms with Crippen LogP contribution < -0.4 is 4.72 Å². The summed E-state index contributed by atoms with van der Waals surface area (Å²) in [5.41, 5.74) is 11.5. The predicted octanol–water partition coefficient (Wildman–Crippen LogP) is 8.06. The SMILES string of the molecule is O=[SH]1(c2ccccc2)NC(c2ccc3c(c2)-c2ccccc2C32c3ccccc3-c3ccccc32)=Nc2ccccc21. The first kappa shape index (κ1) is 23.6. The molecule has 0 radical (unpaired) electrons. The zero-order chi connectivity index (χ0) is 27.9. The van der Waals surface area contributed by atoms with Gasteiger partial charge in [-0.05, 0) is 74.8 Å². The second-order valence-corrected chi connectivity index (χ2v) is 13.6. The Balaban J connectivity index is 1.28. The Morgan fingerprint density at radius 3 is 1.71 bits per heavy atom. The molecule has 42 heavy (non-hydrogen) atoms. The molecule has 0 bridgehead atoms. The van der Waals surface area contributed by atoms with Crippen LogP contribution in [0.15, 0.2) is 160 Å². The van der Waals surface area contributed by atoms with Gasteiger partial charge in [0.1, 0.15) is 5.84 Å². The molecule has 4 heteroatoms. The van der Waals surface area contributed by atoms with Crippen molar-refractivity contribution in [1.82, 2.24) is 4.72 Å². The largest absolute Gasteiger partial charge is 0.304 e. The number of fused-ring (bicyclic) bond motifs is 11. The van der Waals surface area contributed by atoms with Crippen LogP contribution in [0.2, 0.25) is 0 Å². The normalized spacial score (nSPS) is 16.7. The molecule has 2 aliphatic carbocycles. The van der Waals surface area contributed by atoms with Crippen LogP contribution in [0.3, 0.4) is 0 Å². The van der Waals surface area contributed by atoms with Gasteiger partial charge in [0.15, 0.2) is 0 Å². The number of amidine groups is 1. The molecule has 1 spiro atoms. The third-order valence-electron chi connectivity index (χ3n) is 9.11. The van der Waals surface area contributed by atoms with Gasteiger partial charge in [0, 0.05) is 20.6 Å². The highest BCUT2D eigenvalue weighted by Gasteiger charge is 2.51. The van der Waals surface area contributed by atoms with Crippen LogP contribution in [0, 0.1) is 0 Å². The minimum absolute atomic E-state index is 0.384. The first-order valence-corrected chi connectivity index (χ1v) is 16.0. The van der Waals surface area contributed by atoms with Crippen LogP contribution in [0.25, 0.3) is 22.3 Å². The third kappa shape index (κ3) is 2.94. The second-order valence-electron chi connectivity index (χ2n) is 11.2. The van der Waals surface area contributed by atoms with Crippen LogP contribution in [0.1, 0.15) is 27.8 Å². The first-order chi connectivity index (χ1) is 20.7. The van der Waals surface area contributed by atoms with E-state index in [9.17, 15) is 4.21 Å². The van der Waals surface area contributed by atoms with Crippen molar-refractivity contribution in [2.75, 3.05) is 0 Å². The monoisotopic (exact) mass is 558 g/mol. The van der Waals surface area contributed by atoms with Gasteiger partial charge in [-0.25, -0.2) is 4.99 Å². The number of nitrogens with zero attached hydrogens (tertiary/aromatic N) is 1. The van der Waals surface area contributed by atoms with E-state index in [1.807, 2.05) is 54.6 Å². The summed E-state index contributed by atoms with van der Waals surface area (Å²) < 4.78 is 18.2. The van der Waals surface area contributed by atoms with Crippen molar-refractivity contribution in [2.24, 2.45) is 4.99 Å². The zero-order valence-corrected chi connectivity index (χ0v) is 23.6. The van der Waals surface area contributed by atoms with E-state index >= 15 is 0 Å². The Morgan fingerprint density at radius 2 is 1.05 bits per heavy atom. The summed E-state index contributed by atoms with van der Waals surface area (Å²) in [6.45, 7) is 0. The van der Waals surface area contributed by atoms with E-state index in [-0.39, 0.29) is 5.41 Å². The number of hydrogen-bond donors (Lipinski definition) is 2. The Morgan fingerprint density at radius 1 is 0.524 bits per heavy atom. The molecular formula is C38H26N2OS. The van der Waals surface area contributed by atoms with Gasteiger partial charge in [-0.15, -0.1) is 0 Å². The van der Waals surface area contributed by atoms with E-state index in [2.05, 4.69) is 95.7 Å². The van der Waals surface area contributed by atoms with Gasteiger partial charge in [0.05, 0.1) is 16.0 Å². The van der Waals surface area contributed by atoms with Gasteiger partial charge in [0.2, 0.25) is 0 Å². The highest BCUT2D eigenvalue weighted by Crippen LogP contribution is 2.62. The van der Waals surface area contributed by atoms with Crippen molar-refractivity contribution in [3.05, 3.63) is 173 Å². The number of para-hydroxylation sites is 1. The summed E-state index contributed by atoms with van der Waals surface area (Å²) in [5.74, 6) is 0.634. The lowest BCUT2D eigenvalue weighted by Gasteiger charge is -2.33. The van der Waals surface area contributed by atoms with Crippen molar-refractivity contribution >= 4 is 21.6 Å². The average Bonchev–Trinajstić information content (AvgIpc) is 3.52. The number of hydrogen-bond acceptors (Lipinski definition) is 2. The highest BCUT2D eigenvalue weighted by molar-refractivity contribution is 8.02. The van der Waals surface area contributed by atoms with Crippen molar-refractivity contribution in [1.29, 1.82) is 0 Å². The molecule has 1 N–H and O–H groups in total. The van der Waals surface area contributed by atoms with Gasteiger partial charge in [0.25, 0.3) is 0 Å². The van der Waals surface area contributed by atoms with Crippen LogP contribution in [0.4, 0.5) is 5.69 Å². The highest BCUT2D eigenvalue weighted by atomic mass is 32.3. The zero-order valence-electron chi connectivity index (χ0n) is 22.7. The molecule has 0 amide bonds. The molecule has 0 aromatic heterocycles. The molecule has 9 rings (SSSR count). The molecule has 6 aromatic rings.